The Morgan fingerprint density at radius 1 is 0.738 bits per heavy atom. The quantitative estimate of drug-likeness (QED) is 0.236. The van der Waals surface area contributed by atoms with Crippen LogP contribution in [-0.4, -0.2) is 18.7 Å². The van der Waals surface area contributed by atoms with E-state index in [-0.39, 0.29) is 11.6 Å². The lowest BCUT2D eigenvalue weighted by Gasteiger charge is -2.36. The van der Waals surface area contributed by atoms with E-state index in [0.717, 1.165) is 50.0 Å². The van der Waals surface area contributed by atoms with Crippen molar-refractivity contribution >= 4 is 43.4 Å². The lowest BCUT2D eigenvalue weighted by molar-refractivity contribution is -0.117. The summed E-state index contributed by atoms with van der Waals surface area (Å²) in [7, 11) is 1.62. The van der Waals surface area contributed by atoms with Crippen LogP contribution in [0.15, 0.2) is 92.3 Å². The molecule has 0 aromatic heterocycles. The second-order valence-corrected chi connectivity index (χ2v) is 12.3. The zero-order valence-electron chi connectivity index (χ0n) is 23.2. The zero-order valence-corrected chi connectivity index (χ0v) is 26.4. The Morgan fingerprint density at radius 3 is 1.98 bits per heavy atom. The summed E-state index contributed by atoms with van der Waals surface area (Å²) in [6.45, 7) is 0.741. The molecule has 8 heteroatoms. The molecule has 6 nitrogen and oxygen atoms in total. The topological polar surface area (TPSA) is 71.1 Å². The van der Waals surface area contributed by atoms with Gasteiger partial charge in [-0.15, -0.1) is 0 Å². The van der Waals surface area contributed by atoms with Crippen molar-refractivity contribution in [2.75, 3.05) is 7.11 Å². The lowest BCUT2D eigenvalue weighted by atomic mass is 9.73. The number of ether oxygens (including phenoxy) is 4. The van der Waals surface area contributed by atoms with E-state index in [4.69, 9.17) is 18.9 Å². The van der Waals surface area contributed by atoms with Gasteiger partial charge in [-0.05, 0) is 85.7 Å². The maximum Gasteiger partial charge on any atom is 0.163 e. The summed E-state index contributed by atoms with van der Waals surface area (Å²) >= 11 is 7.39. The molecule has 0 saturated carbocycles. The number of carbonyl (C=O) groups is 2. The highest BCUT2D eigenvalue weighted by atomic mass is 79.9. The molecule has 6 rings (SSSR count). The first-order chi connectivity index (χ1) is 20.4. The molecule has 0 fully saturated rings. The number of ketones is 2. The molecule has 0 spiro atoms. The SMILES string of the molecule is COc1cc(COc2c(Br)cc(C3C4=C(CCCC4=O)OC4=C3C(=O)CCC4)cc2Br)ccc1OCc1ccccc1. The van der Waals surface area contributed by atoms with E-state index < -0.39 is 5.92 Å². The fourth-order valence-electron chi connectivity index (χ4n) is 5.85. The molecular weight excluding hydrogens is 664 g/mol. The minimum absolute atomic E-state index is 0.0592. The molecule has 2 aliphatic carbocycles. The van der Waals surface area contributed by atoms with Crippen molar-refractivity contribution in [2.45, 2.75) is 57.7 Å². The molecule has 0 bridgehead atoms. The van der Waals surface area contributed by atoms with Gasteiger partial charge in [-0.1, -0.05) is 36.4 Å². The van der Waals surface area contributed by atoms with Gasteiger partial charge in [0, 0.05) is 42.7 Å². The number of halogens is 2. The summed E-state index contributed by atoms with van der Waals surface area (Å²) in [5, 5.41) is 0. The number of Topliss-reactive ketones (excluding diaryl/α,β-unsaturated/α-hetero) is 2. The van der Waals surface area contributed by atoms with Crippen LogP contribution >= 0.6 is 31.9 Å². The van der Waals surface area contributed by atoms with Gasteiger partial charge in [0.2, 0.25) is 0 Å². The van der Waals surface area contributed by atoms with Crippen LogP contribution < -0.4 is 14.2 Å². The average Bonchev–Trinajstić information content (AvgIpc) is 2.99. The molecule has 0 N–H and O–H groups in total. The largest absolute Gasteiger partial charge is 0.493 e. The molecule has 0 radical (unpaired) electrons. The van der Waals surface area contributed by atoms with Gasteiger partial charge < -0.3 is 18.9 Å². The van der Waals surface area contributed by atoms with Crippen LogP contribution in [0.5, 0.6) is 17.2 Å². The van der Waals surface area contributed by atoms with Crippen molar-refractivity contribution in [3.63, 3.8) is 0 Å². The van der Waals surface area contributed by atoms with Crippen LogP contribution in [0.25, 0.3) is 0 Å². The van der Waals surface area contributed by atoms with Crippen LogP contribution in [-0.2, 0) is 27.5 Å². The Balaban J connectivity index is 1.23. The number of hydrogen-bond acceptors (Lipinski definition) is 6. The maximum absolute atomic E-state index is 13.1. The molecule has 216 valence electrons. The van der Waals surface area contributed by atoms with Crippen LogP contribution in [0, 0.1) is 0 Å². The molecular formula is C34H30Br2O6. The van der Waals surface area contributed by atoms with Crippen LogP contribution in [0.3, 0.4) is 0 Å². The molecule has 0 atom stereocenters. The zero-order chi connectivity index (χ0) is 29.2. The second-order valence-electron chi connectivity index (χ2n) is 10.6. The standard InChI is InChI=1S/C34H30Br2O6/c1-39-30-15-21(13-14-27(30)40-18-20-7-3-2-4-8-20)19-41-34-23(35)16-22(17-24(34)36)31-32-25(37)9-5-11-28(32)42-29-12-6-10-26(38)33(29)31/h2-4,7-8,13-17,31H,5-6,9-12,18-19H2,1H3. The van der Waals surface area contributed by atoms with Gasteiger partial charge in [-0.25, -0.2) is 0 Å². The monoisotopic (exact) mass is 692 g/mol. The predicted octanol–water partition coefficient (Wildman–Crippen LogP) is 8.51. The van der Waals surface area contributed by atoms with Gasteiger partial charge in [0.15, 0.2) is 23.1 Å². The highest BCUT2D eigenvalue weighted by Gasteiger charge is 2.42. The minimum Gasteiger partial charge on any atom is -0.493 e. The Kier molecular flexibility index (Phi) is 8.54. The average molecular weight is 694 g/mol. The normalized spacial score (nSPS) is 17.0. The molecule has 0 unspecified atom stereocenters. The van der Waals surface area contributed by atoms with E-state index in [9.17, 15) is 9.59 Å². The number of benzene rings is 3. The van der Waals surface area contributed by atoms with Gasteiger partial charge >= 0.3 is 0 Å². The molecule has 1 aliphatic heterocycles. The summed E-state index contributed by atoms with van der Waals surface area (Å²) in [5.41, 5.74) is 4.10. The lowest BCUT2D eigenvalue weighted by Crippen LogP contribution is -2.30. The Bertz CT molecular complexity index is 1540. The highest BCUT2D eigenvalue weighted by molar-refractivity contribution is 9.11. The Hall–Kier alpha value is -3.36. The molecule has 0 saturated heterocycles. The maximum atomic E-state index is 13.1. The highest BCUT2D eigenvalue weighted by Crippen LogP contribution is 2.49. The van der Waals surface area contributed by atoms with Crippen molar-refractivity contribution < 1.29 is 28.5 Å². The van der Waals surface area contributed by atoms with E-state index in [1.165, 1.54) is 0 Å². The second kappa shape index (κ2) is 12.5. The van der Waals surface area contributed by atoms with E-state index in [1.54, 1.807) is 7.11 Å². The van der Waals surface area contributed by atoms with E-state index in [0.29, 0.717) is 67.3 Å². The van der Waals surface area contributed by atoms with Crippen molar-refractivity contribution in [3.05, 3.63) is 109 Å². The fourth-order valence-corrected chi connectivity index (χ4v) is 7.30. The number of hydrogen-bond donors (Lipinski definition) is 0. The van der Waals surface area contributed by atoms with Crippen LogP contribution in [0.1, 0.15) is 61.1 Å². The molecule has 3 aliphatic rings. The Morgan fingerprint density at radius 2 is 1.36 bits per heavy atom. The van der Waals surface area contributed by atoms with Crippen molar-refractivity contribution in [1.82, 2.24) is 0 Å². The van der Waals surface area contributed by atoms with Gasteiger partial charge in [0.25, 0.3) is 0 Å². The fraction of sp³-hybridized carbons (Fsp3) is 0.294. The molecule has 3 aromatic carbocycles. The van der Waals surface area contributed by atoms with Crippen molar-refractivity contribution in [3.8, 4) is 17.2 Å². The molecule has 3 aromatic rings. The van der Waals surface area contributed by atoms with Crippen LogP contribution in [0.2, 0.25) is 0 Å². The number of rotatable bonds is 8. The van der Waals surface area contributed by atoms with E-state index in [2.05, 4.69) is 31.9 Å². The van der Waals surface area contributed by atoms with Crippen molar-refractivity contribution in [1.29, 1.82) is 0 Å². The Labute approximate surface area is 262 Å². The predicted molar refractivity (Wildman–Crippen MR) is 166 cm³/mol. The summed E-state index contributed by atoms with van der Waals surface area (Å²) in [6, 6.07) is 19.6. The molecule has 42 heavy (non-hydrogen) atoms. The van der Waals surface area contributed by atoms with Gasteiger partial charge in [-0.3, -0.25) is 9.59 Å². The third kappa shape index (κ3) is 5.79. The first kappa shape index (κ1) is 28.7. The number of allylic oxidation sites excluding steroid dienone is 4. The smallest absolute Gasteiger partial charge is 0.163 e. The number of carbonyl (C=O) groups excluding carboxylic acids is 2. The third-order valence-electron chi connectivity index (χ3n) is 7.84. The summed E-state index contributed by atoms with van der Waals surface area (Å²) < 4.78 is 25.4. The van der Waals surface area contributed by atoms with Gasteiger partial charge in [0.05, 0.1) is 16.1 Å². The minimum atomic E-state index is -0.432. The first-order valence-electron chi connectivity index (χ1n) is 14.1. The van der Waals surface area contributed by atoms with E-state index >= 15 is 0 Å². The molecule has 1 heterocycles. The third-order valence-corrected chi connectivity index (χ3v) is 9.02. The van der Waals surface area contributed by atoms with Gasteiger partial charge in [-0.2, -0.15) is 0 Å². The summed E-state index contributed by atoms with van der Waals surface area (Å²) in [5.74, 6) is 3.05. The van der Waals surface area contributed by atoms with Crippen molar-refractivity contribution in [2.24, 2.45) is 0 Å². The molecule has 0 amide bonds. The first-order valence-corrected chi connectivity index (χ1v) is 15.7. The van der Waals surface area contributed by atoms with Gasteiger partial charge in [0.1, 0.15) is 30.5 Å². The number of methoxy groups -OCH3 is 1. The summed E-state index contributed by atoms with van der Waals surface area (Å²) in [6.07, 6.45) is 3.91. The summed E-state index contributed by atoms with van der Waals surface area (Å²) in [4.78, 5) is 26.3. The van der Waals surface area contributed by atoms with E-state index in [1.807, 2.05) is 60.7 Å². The van der Waals surface area contributed by atoms with Crippen LogP contribution in [0.4, 0.5) is 0 Å².